The normalized spacial score (nSPS) is 11.0. The molecule has 1 aromatic heterocycles. The lowest BCUT2D eigenvalue weighted by Crippen LogP contribution is -2.30. The van der Waals surface area contributed by atoms with E-state index in [1.54, 1.807) is 0 Å². The maximum atomic E-state index is 12.2. The molecule has 2 rings (SSSR count). The molecule has 0 saturated heterocycles. The molecule has 0 aliphatic rings. The van der Waals surface area contributed by atoms with Gasteiger partial charge in [-0.3, -0.25) is 14.4 Å². The molecule has 124 valence electrons. The van der Waals surface area contributed by atoms with Crippen LogP contribution in [0.3, 0.4) is 0 Å². The van der Waals surface area contributed by atoms with Gasteiger partial charge in [-0.15, -0.1) is 0 Å². The van der Waals surface area contributed by atoms with Crippen LogP contribution >= 0.6 is 0 Å². The number of hydrogen-bond donors (Lipinski definition) is 1. The van der Waals surface area contributed by atoms with Crippen LogP contribution in [-0.4, -0.2) is 34.2 Å². The molecular formula is C18H26N4O. The van der Waals surface area contributed by atoms with E-state index in [4.69, 9.17) is 0 Å². The van der Waals surface area contributed by atoms with Gasteiger partial charge >= 0.3 is 0 Å². The fraction of sp³-hybridized carbons (Fsp3) is 0.444. The number of amides is 1. The highest BCUT2D eigenvalue weighted by Crippen LogP contribution is 2.14. The summed E-state index contributed by atoms with van der Waals surface area (Å²) >= 11 is 0. The number of rotatable bonds is 6. The average molecular weight is 314 g/mol. The lowest BCUT2D eigenvalue weighted by molar-refractivity contribution is -0.117. The van der Waals surface area contributed by atoms with Crippen LogP contribution in [-0.2, 0) is 17.9 Å². The molecular weight excluding hydrogens is 288 g/mol. The summed E-state index contributed by atoms with van der Waals surface area (Å²) < 4.78 is 1.97. The lowest BCUT2D eigenvalue weighted by atomic mass is 10.1. The molecule has 0 saturated carbocycles. The van der Waals surface area contributed by atoms with Crippen LogP contribution in [0.2, 0.25) is 0 Å². The summed E-state index contributed by atoms with van der Waals surface area (Å²) in [7, 11) is 1.95. The quantitative estimate of drug-likeness (QED) is 0.892. The molecule has 1 heterocycles. The first-order valence-corrected chi connectivity index (χ1v) is 7.97. The van der Waals surface area contributed by atoms with Gasteiger partial charge < -0.3 is 5.32 Å². The summed E-state index contributed by atoms with van der Waals surface area (Å²) in [6, 6.07) is 5.97. The number of benzene rings is 1. The molecule has 2 aromatic rings. The van der Waals surface area contributed by atoms with E-state index in [-0.39, 0.29) is 5.91 Å². The third-order valence-corrected chi connectivity index (χ3v) is 4.15. The van der Waals surface area contributed by atoms with Gasteiger partial charge in [0.2, 0.25) is 5.91 Å². The van der Waals surface area contributed by atoms with Crippen LogP contribution in [0.25, 0.3) is 0 Å². The molecule has 0 bridgehead atoms. The smallest absolute Gasteiger partial charge is 0.238 e. The van der Waals surface area contributed by atoms with Crippen molar-refractivity contribution in [1.82, 2.24) is 14.7 Å². The van der Waals surface area contributed by atoms with Gasteiger partial charge in [-0.05, 0) is 58.0 Å². The largest absolute Gasteiger partial charge is 0.325 e. The van der Waals surface area contributed by atoms with Gasteiger partial charge in [0.05, 0.1) is 12.7 Å². The maximum absolute atomic E-state index is 12.2. The predicted molar refractivity (Wildman–Crippen MR) is 93.5 cm³/mol. The van der Waals surface area contributed by atoms with E-state index in [1.165, 1.54) is 11.1 Å². The molecule has 0 spiro atoms. The van der Waals surface area contributed by atoms with Crippen molar-refractivity contribution < 1.29 is 4.79 Å². The standard InChI is InChI=1S/C18H26N4O/c1-6-22-15(4)16(10-19-22)11-21(5)12-18(23)20-17-8-7-13(2)14(3)9-17/h7-10H,6,11-12H2,1-5H3,(H,20,23). The Morgan fingerprint density at radius 1 is 1.26 bits per heavy atom. The van der Waals surface area contributed by atoms with Gasteiger partial charge in [-0.25, -0.2) is 0 Å². The minimum Gasteiger partial charge on any atom is -0.325 e. The SMILES string of the molecule is CCn1ncc(CN(C)CC(=O)Nc2ccc(C)c(C)c2)c1C. The monoisotopic (exact) mass is 314 g/mol. The molecule has 1 aromatic carbocycles. The number of carbonyl (C=O) groups excluding carboxylic acids is 1. The van der Waals surface area contributed by atoms with E-state index in [1.807, 2.05) is 47.9 Å². The number of nitrogens with one attached hydrogen (secondary N) is 1. The molecule has 5 nitrogen and oxygen atoms in total. The summed E-state index contributed by atoms with van der Waals surface area (Å²) in [5.41, 5.74) is 5.58. The zero-order chi connectivity index (χ0) is 17.0. The Labute approximate surface area is 138 Å². The Kier molecular flexibility index (Phi) is 5.55. The summed E-state index contributed by atoms with van der Waals surface area (Å²) in [4.78, 5) is 14.2. The van der Waals surface area contributed by atoms with E-state index >= 15 is 0 Å². The van der Waals surface area contributed by atoms with Crippen molar-refractivity contribution in [3.05, 3.63) is 46.8 Å². The van der Waals surface area contributed by atoms with Gasteiger partial charge in [0.1, 0.15) is 0 Å². The molecule has 0 unspecified atom stereocenters. The molecule has 0 atom stereocenters. The molecule has 0 aliphatic carbocycles. The zero-order valence-corrected chi connectivity index (χ0v) is 14.7. The van der Waals surface area contributed by atoms with Crippen molar-refractivity contribution in [2.45, 2.75) is 40.8 Å². The number of nitrogens with zero attached hydrogens (tertiary/aromatic N) is 3. The Hall–Kier alpha value is -2.14. The molecule has 0 radical (unpaired) electrons. The number of carbonyl (C=O) groups is 1. The van der Waals surface area contributed by atoms with Gasteiger partial charge in [0.15, 0.2) is 0 Å². The van der Waals surface area contributed by atoms with Crippen molar-refractivity contribution in [2.75, 3.05) is 18.9 Å². The van der Waals surface area contributed by atoms with E-state index in [0.29, 0.717) is 13.1 Å². The Morgan fingerprint density at radius 3 is 2.61 bits per heavy atom. The van der Waals surface area contributed by atoms with Gasteiger partial charge in [0.25, 0.3) is 0 Å². The van der Waals surface area contributed by atoms with Gasteiger partial charge in [-0.2, -0.15) is 5.10 Å². The molecule has 5 heteroatoms. The minimum atomic E-state index is -0.00344. The third kappa shape index (κ3) is 4.42. The van der Waals surface area contributed by atoms with E-state index in [0.717, 1.165) is 23.5 Å². The molecule has 1 N–H and O–H groups in total. The van der Waals surface area contributed by atoms with Gasteiger partial charge in [-0.1, -0.05) is 6.07 Å². The molecule has 23 heavy (non-hydrogen) atoms. The highest BCUT2D eigenvalue weighted by molar-refractivity contribution is 5.92. The van der Waals surface area contributed by atoms with Crippen LogP contribution < -0.4 is 5.32 Å². The fourth-order valence-corrected chi connectivity index (χ4v) is 2.57. The molecule has 1 amide bonds. The highest BCUT2D eigenvalue weighted by atomic mass is 16.2. The second-order valence-electron chi connectivity index (χ2n) is 6.09. The summed E-state index contributed by atoms with van der Waals surface area (Å²) in [6.07, 6.45) is 1.89. The Balaban J connectivity index is 1.91. The van der Waals surface area contributed by atoms with Crippen LogP contribution in [0.1, 0.15) is 29.3 Å². The summed E-state index contributed by atoms with van der Waals surface area (Å²) in [5, 5.41) is 7.30. The van der Waals surface area contributed by atoms with Crippen molar-refractivity contribution in [3.63, 3.8) is 0 Å². The number of hydrogen-bond acceptors (Lipinski definition) is 3. The molecule has 0 fully saturated rings. The third-order valence-electron chi connectivity index (χ3n) is 4.15. The summed E-state index contributed by atoms with van der Waals surface area (Å²) in [5.74, 6) is -0.00344. The Morgan fingerprint density at radius 2 is 2.00 bits per heavy atom. The highest BCUT2D eigenvalue weighted by Gasteiger charge is 2.11. The van der Waals surface area contributed by atoms with Crippen LogP contribution in [0.4, 0.5) is 5.69 Å². The van der Waals surface area contributed by atoms with E-state index < -0.39 is 0 Å². The van der Waals surface area contributed by atoms with Crippen molar-refractivity contribution >= 4 is 11.6 Å². The Bertz CT molecular complexity index is 690. The van der Waals surface area contributed by atoms with Crippen LogP contribution in [0, 0.1) is 20.8 Å². The van der Waals surface area contributed by atoms with Crippen molar-refractivity contribution in [3.8, 4) is 0 Å². The first-order chi connectivity index (χ1) is 10.9. The lowest BCUT2D eigenvalue weighted by Gasteiger charge is -2.16. The maximum Gasteiger partial charge on any atom is 0.238 e. The van der Waals surface area contributed by atoms with Gasteiger partial charge in [0, 0.05) is 30.0 Å². The predicted octanol–water partition coefficient (Wildman–Crippen LogP) is 2.90. The number of likely N-dealkylation sites (N-methyl/N-ethyl adjacent to an activating group) is 1. The average Bonchev–Trinajstić information content (AvgIpc) is 2.83. The number of aromatic nitrogens is 2. The first kappa shape index (κ1) is 17.2. The van der Waals surface area contributed by atoms with Crippen LogP contribution in [0.5, 0.6) is 0 Å². The van der Waals surface area contributed by atoms with E-state index in [2.05, 4.69) is 31.2 Å². The zero-order valence-electron chi connectivity index (χ0n) is 14.7. The number of anilines is 1. The minimum absolute atomic E-state index is 0.00344. The topological polar surface area (TPSA) is 50.2 Å². The van der Waals surface area contributed by atoms with Crippen molar-refractivity contribution in [2.24, 2.45) is 0 Å². The fourth-order valence-electron chi connectivity index (χ4n) is 2.57. The summed E-state index contributed by atoms with van der Waals surface area (Å²) in [6.45, 7) is 10.2. The number of aryl methyl sites for hydroxylation is 3. The molecule has 0 aliphatic heterocycles. The first-order valence-electron chi connectivity index (χ1n) is 7.97. The second kappa shape index (κ2) is 7.42. The van der Waals surface area contributed by atoms with Crippen molar-refractivity contribution in [1.29, 1.82) is 0 Å². The second-order valence-corrected chi connectivity index (χ2v) is 6.09. The van der Waals surface area contributed by atoms with Crippen LogP contribution in [0.15, 0.2) is 24.4 Å². The van der Waals surface area contributed by atoms with E-state index in [9.17, 15) is 4.79 Å².